The zero-order valence-corrected chi connectivity index (χ0v) is 12.9. The van der Waals surface area contributed by atoms with E-state index in [2.05, 4.69) is 13.8 Å². The molecule has 0 radical (unpaired) electrons. The molecule has 2 aromatic rings. The molecule has 2 aromatic carbocycles. The van der Waals surface area contributed by atoms with Gasteiger partial charge in [-0.1, -0.05) is 50.2 Å². The molecule has 2 rings (SSSR count). The van der Waals surface area contributed by atoms with Crippen molar-refractivity contribution in [3.05, 3.63) is 65.2 Å². The van der Waals surface area contributed by atoms with Gasteiger partial charge in [-0.2, -0.15) is 5.26 Å². The summed E-state index contributed by atoms with van der Waals surface area (Å²) in [5.41, 5.74) is 2.29. The number of carbonyl (C=O) groups excluding carboxylic acids is 1. The van der Waals surface area contributed by atoms with Crippen LogP contribution >= 0.6 is 0 Å². The van der Waals surface area contributed by atoms with Crippen LogP contribution in [0.2, 0.25) is 0 Å². The summed E-state index contributed by atoms with van der Waals surface area (Å²) >= 11 is 0. The fourth-order valence-electron chi connectivity index (χ4n) is 2.14. The molecule has 0 amide bonds. The van der Waals surface area contributed by atoms with Gasteiger partial charge in [0.2, 0.25) is 0 Å². The lowest BCUT2D eigenvalue weighted by Gasteiger charge is -2.10. The lowest BCUT2D eigenvalue weighted by molar-refractivity contribution is 0.0921. The molecule has 0 fully saturated rings. The summed E-state index contributed by atoms with van der Waals surface area (Å²) in [7, 11) is 0. The molecule has 0 aliphatic carbocycles. The van der Waals surface area contributed by atoms with Crippen LogP contribution in [0.4, 0.5) is 0 Å². The Kier molecular flexibility index (Phi) is 5.32. The fraction of sp³-hybridized carbons (Fsp3) is 0.263. The number of hydrogen-bond acceptors (Lipinski definition) is 3. The third-order valence-corrected chi connectivity index (χ3v) is 3.78. The maximum Gasteiger partial charge on any atom is 0.200 e. The van der Waals surface area contributed by atoms with Crippen molar-refractivity contribution in [2.24, 2.45) is 0 Å². The smallest absolute Gasteiger partial charge is 0.200 e. The summed E-state index contributed by atoms with van der Waals surface area (Å²) in [5.74, 6) is 0.834. The van der Waals surface area contributed by atoms with E-state index in [4.69, 9.17) is 10.00 Å². The first-order chi connectivity index (χ1) is 10.7. The third-order valence-electron chi connectivity index (χ3n) is 3.78. The highest BCUT2D eigenvalue weighted by molar-refractivity contribution is 5.97. The molecule has 0 heterocycles. The van der Waals surface area contributed by atoms with Crippen molar-refractivity contribution in [2.45, 2.75) is 26.2 Å². The average Bonchev–Trinajstić information content (AvgIpc) is 2.59. The lowest BCUT2D eigenvalue weighted by atomic mass is 9.97. The molecule has 3 heteroatoms. The molecule has 1 atom stereocenters. The van der Waals surface area contributed by atoms with Crippen LogP contribution in [0.15, 0.2) is 48.5 Å². The van der Waals surface area contributed by atoms with Gasteiger partial charge in [0.15, 0.2) is 12.4 Å². The molecular formula is C19H19NO2. The molecule has 1 unspecified atom stereocenters. The van der Waals surface area contributed by atoms with E-state index in [1.807, 2.05) is 30.3 Å². The molecule has 0 spiro atoms. The summed E-state index contributed by atoms with van der Waals surface area (Å²) in [6.07, 6.45) is 1.07. The van der Waals surface area contributed by atoms with E-state index in [1.54, 1.807) is 24.3 Å². The zero-order valence-electron chi connectivity index (χ0n) is 12.9. The summed E-state index contributed by atoms with van der Waals surface area (Å²) < 4.78 is 5.47. The Hall–Kier alpha value is -2.60. The van der Waals surface area contributed by atoms with Crippen LogP contribution in [0.25, 0.3) is 0 Å². The van der Waals surface area contributed by atoms with E-state index in [1.165, 1.54) is 5.56 Å². The summed E-state index contributed by atoms with van der Waals surface area (Å²) in [4.78, 5) is 12.2. The first-order valence-electron chi connectivity index (χ1n) is 7.40. The van der Waals surface area contributed by atoms with Crippen molar-refractivity contribution in [1.29, 1.82) is 5.26 Å². The van der Waals surface area contributed by atoms with E-state index in [0.29, 0.717) is 22.8 Å². The van der Waals surface area contributed by atoms with Gasteiger partial charge in [0.25, 0.3) is 0 Å². The number of nitriles is 1. The van der Waals surface area contributed by atoms with Gasteiger partial charge in [-0.15, -0.1) is 0 Å². The number of nitrogens with zero attached hydrogens (tertiary/aromatic N) is 1. The Labute approximate surface area is 131 Å². The van der Waals surface area contributed by atoms with Gasteiger partial charge in [0.1, 0.15) is 11.8 Å². The number of carbonyl (C=O) groups is 1. The minimum Gasteiger partial charge on any atom is -0.484 e. The first-order valence-corrected chi connectivity index (χ1v) is 7.40. The second-order valence-corrected chi connectivity index (χ2v) is 5.25. The molecule has 3 nitrogen and oxygen atoms in total. The van der Waals surface area contributed by atoms with Crippen LogP contribution in [0.1, 0.15) is 47.7 Å². The molecule has 0 aromatic heterocycles. The van der Waals surface area contributed by atoms with Crippen LogP contribution in [0.3, 0.4) is 0 Å². The number of ketones is 1. The van der Waals surface area contributed by atoms with Crippen molar-refractivity contribution in [3.8, 4) is 11.8 Å². The predicted molar refractivity (Wildman–Crippen MR) is 86.1 cm³/mol. The van der Waals surface area contributed by atoms with Gasteiger partial charge in [-0.05, 0) is 30.0 Å². The van der Waals surface area contributed by atoms with Crippen LogP contribution in [-0.4, -0.2) is 12.4 Å². The first kappa shape index (κ1) is 15.8. The standard InChI is InChI=1S/C19H19NO2/c1-3-14(2)15-8-10-16(11-9-15)18(21)13-22-19-7-5-4-6-17(19)12-20/h4-11,14H,3,13H2,1-2H3. The Morgan fingerprint density at radius 2 is 1.86 bits per heavy atom. The fourth-order valence-corrected chi connectivity index (χ4v) is 2.14. The van der Waals surface area contributed by atoms with E-state index in [9.17, 15) is 4.79 Å². The van der Waals surface area contributed by atoms with Crippen LogP contribution in [0.5, 0.6) is 5.75 Å². The van der Waals surface area contributed by atoms with E-state index >= 15 is 0 Å². The third kappa shape index (κ3) is 3.73. The van der Waals surface area contributed by atoms with Crippen LogP contribution < -0.4 is 4.74 Å². The van der Waals surface area contributed by atoms with Crippen molar-refractivity contribution < 1.29 is 9.53 Å². The normalized spacial score (nSPS) is 11.5. The SMILES string of the molecule is CCC(C)c1ccc(C(=O)COc2ccccc2C#N)cc1. The van der Waals surface area contributed by atoms with E-state index in [-0.39, 0.29) is 12.4 Å². The van der Waals surface area contributed by atoms with Crippen molar-refractivity contribution >= 4 is 5.78 Å². The Bertz CT molecular complexity index is 683. The lowest BCUT2D eigenvalue weighted by Crippen LogP contribution is -2.12. The van der Waals surface area contributed by atoms with Crippen molar-refractivity contribution in [1.82, 2.24) is 0 Å². The van der Waals surface area contributed by atoms with Crippen LogP contribution in [-0.2, 0) is 0 Å². The minimum absolute atomic E-state index is 0.0681. The largest absolute Gasteiger partial charge is 0.484 e. The summed E-state index contributed by atoms with van der Waals surface area (Å²) in [6, 6.07) is 16.6. The van der Waals surface area contributed by atoms with Gasteiger partial charge in [0.05, 0.1) is 5.56 Å². The highest BCUT2D eigenvalue weighted by Gasteiger charge is 2.10. The molecule has 0 N–H and O–H groups in total. The van der Waals surface area contributed by atoms with Gasteiger partial charge in [-0.25, -0.2) is 0 Å². The second kappa shape index (κ2) is 7.42. The quantitative estimate of drug-likeness (QED) is 0.745. The second-order valence-electron chi connectivity index (χ2n) is 5.25. The highest BCUT2D eigenvalue weighted by atomic mass is 16.5. The number of Topliss-reactive ketones (excluding diaryl/α,β-unsaturated/α-hetero) is 1. The van der Waals surface area contributed by atoms with Gasteiger partial charge in [-0.3, -0.25) is 4.79 Å². The van der Waals surface area contributed by atoms with Gasteiger partial charge in [0, 0.05) is 5.56 Å². The average molecular weight is 293 g/mol. The topological polar surface area (TPSA) is 50.1 Å². The maximum atomic E-state index is 12.2. The van der Waals surface area contributed by atoms with E-state index in [0.717, 1.165) is 6.42 Å². The monoisotopic (exact) mass is 293 g/mol. The number of benzene rings is 2. The zero-order chi connectivity index (χ0) is 15.9. The predicted octanol–water partition coefficient (Wildman–Crippen LogP) is 4.33. The molecule has 0 aliphatic heterocycles. The van der Waals surface area contributed by atoms with Crippen LogP contribution in [0, 0.1) is 11.3 Å². The Balaban J connectivity index is 2.02. The molecule has 0 saturated heterocycles. The Morgan fingerprint density at radius 1 is 1.18 bits per heavy atom. The number of rotatable bonds is 6. The molecule has 22 heavy (non-hydrogen) atoms. The molecule has 112 valence electrons. The maximum absolute atomic E-state index is 12.2. The molecular weight excluding hydrogens is 274 g/mol. The summed E-state index contributed by atoms with van der Waals surface area (Å²) in [6.45, 7) is 4.24. The number of ether oxygens (including phenoxy) is 1. The molecule has 0 aliphatic rings. The van der Waals surface area contributed by atoms with E-state index < -0.39 is 0 Å². The minimum atomic E-state index is -0.0940. The molecule has 0 saturated carbocycles. The van der Waals surface area contributed by atoms with Crippen molar-refractivity contribution in [2.75, 3.05) is 6.61 Å². The number of hydrogen-bond donors (Lipinski definition) is 0. The molecule has 0 bridgehead atoms. The Morgan fingerprint density at radius 3 is 2.50 bits per heavy atom. The van der Waals surface area contributed by atoms with Crippen molar-refractivity contribution in [3.63, 3.8) is 0 Å². The highest BCUT2D eigenvalue weighted by Crippen LogP contribution is 2.20. The summed E-state index contributed by atoms with van der Waals surface area (Å²) in [5, 5.41) is 8.99. The van der Waals surface area contributed by atoms with Gasteiger partial charge >= 0.3 is 0 Å². The number of para-hydroxylation sites is 1. The van der Waals surface area contributed by atoms with Gasteiger partial charge < -0.3 is 4.74 Å².